The van der Waals surface area contributed by atoms with Crippen LogP contribution in [0.3, 0.4) is 0 Å². The van der Waals surface area contributed by atoms with Gasteiger partial charge in [-0.1, -0.05) is 0 Å². The highest BCUT2D eigenvalue weighted by Gasteiger charge is 2.21. The molecule has 8 heteroatoms. The lowest BCUT2D eigenvalue weighted by Gasteiger charge is -2.29. The summed E-state index contributed by atoms with van der Waals surface area (Å²) in [5, 5.41) is 6.16. The van der Waals surface area contributed by atoms with E-state index >= 15 is 0 Å². The third-order valence-corrected chi connectivity index (χ3v) is 3.79. The summed E-state index contributed by atoms with van der Waals surface area (Å²) in [5.41, 5.74) is 0.776. The molecule has 0 spiro atoms. The quantitative estimate of drug-likeness (QED) is 0.806. The minimum Gasteiger partial charge on any atom is -0.378 e. The van der Waals surface area contributed by atoms with Crippen LogP contribution in [0.5, 0.6) is 0 Å². The normalized spacial score (nSPS) is 17.0. The Morgan fingerprint density at radius 1 is 1.30 bits per heavy atom. The first-order chi connectivity index (χ1) is 10.3. The second-order valence-electron chi connectivity index (χ2n) is 5.60. The van der Waals surface area contributed by atoms with Gasteiger partial charge in [0.15, 0.2) is 5.82 Å². The van der Waals surface area contributed by atoms with Crippen LogP contribution in [0, 0.1) is 5.92 Å². The van der Waals surface area contributed by atoms with Crippen LogP contribution in [0.2, 0.25) is 0 Å². The fourth-order valence-electron chi connectivity index (χ4n) is 2.43. The number of hydrogen-bond acceptors (Lipinski definition) is 5. The van der Waals surface area contributed by atoms with Gasteiger partial charge < -0.3 is 20.3 Å². The maximum Gasteiger partial charge on any atom is 0.238 e. The molecule has 1 amide bonds. The Morgan fingerprint density at radius 3 is 2.74 bits per heavy atom. The Kier molecular flexibility index (Phi) is 8.62. The van der Waals surface area contributed by atoms with Gasteiger partial charge in [0.1, 0.15) is 0 Å². The van der Waals surface area contributed by atoms with Gasteiger partial charge in [0.2, 0.25) is 5.91 Å². The topological polar surface area (TPSA) is 66.5 Å². The number of amides is 1. The van der Waals surface area contributed by atoms with Crippen LogP contribution in [0.4, 0.5) is 11.5 Å². The lowest BCUT2D eigenvalue weighted by Crippen LogP contribution is -2.37. The minimum absolute atomic E-state index is 0. The molecule has 1 aliphatic carbocycles. The fraction of sp³-hybridized carbons (Fsp3) is 0.600. The molecule has 130 valence electrons. The predicted molar refractivity (Wildman–Crippen MR) is 96.0 cm³/mol. The Bertz CT molecular complexity index is 494. The van der Waals surface area contributed by atoms with E-state index in [1.54, 1.807) is 6.20 Å². The molecule has 0 aromatic carbocycles. The van der Waals surface area contributed by atoms with Gasteiger partial charge in [-0.25, -0.2) is 4.98 Å². The molecule has 2 fully saturated rings. The van der Waals surface area contributed by atoms with E-state index in [9.17, 15) is 4.79 Å². The molecule has 1 aliphatic heterocycles. The summed E-state index contributed by atoms with van der Waals surface area (Å²) >= 11 is 0. The third-order valence-electron chi connectivity index (χ3n) is 3.79. The van der Waals surface area contributed by atoms with Gasteiger partial charge in [-0.3, -0.25) is 4.79 Å². The number of halogens is 2. The van der Waals surface area contributed by atoms with Crippen LogP contribution < -0.4 is 15.5 Å². The molecule has 6 nitrogen and oxygen atoms in total. The molecule has 23 heavy (non-hydrogen) atoms. The molecular weight excluding hydrogens is 339 g/mol. The number of morpholine rings is 1. The van der Waals surface area contributed by atoms with Crippen molar-refractivity contribution in [3.8, 4) is 0 Å². The molecule has 1 saturated carbocycles. The van der Waals surface area contributed by atoms with E-state index in [4.69, 9.17) is 4.74 Å². The van der Waals surface area contributed by atoms with Gasteiger partial charge in [0, 0.05) is 19.3 Å². The molecule has 1 saturated heterocycles. The molecule has 0 unspecified atom stereocenters. The van der Waals surface area contributed by atoms with E-state index in [0.29, 0.717) is 19.8 Å². The fourth-order valence-corrected chi connectivity index (χ4v) is 2.43. The Morgan fingerprint density at radius 2 is 2.04 bits per heavy atom. The van der Waals surface area contributed by atoms with E-state index in [-0.39, 0.29) is 30.7 Å². The Hall–Kier alpha value is -1.08. The smallest absolute Gasteiger partial charge is 0.238 e. The molecule has 2 N–H and O–H groups in total. The van der Waals surface area contributed by atoms with Crippen molar-refractivity contribution in [2.75, 3.05) is 49.6 Å². The average Bonchev–Trinajstić information content (AvgIpc) is 3.33. The van der Waals surface area contributed by atoms with Gasteiger partial charge in [-0.15, -0.1) is 24.8 Å². The van der Waals surface area contributed by atoms with Crippen molar-refractivity contribution in [2.24, 2.45) is 5.92 Å². The number of nitrogens with zero attached hydrogens (tertiary/aromatic N) is 2. The number of aromatic nitrogens is 1. The van der Waals surface area contributed by atoms with Crippen molar-refractivity contribution in [1.29, 1.82) is 0 Å². The zero-order chi connectivity index (χ0) is 14.5. The minimum atomic E-state index is -0.0156. The average molecular weight is 363 g/mol. The van der Waals surface area contributed by atoms with Crippen LogP contribution in [0.25, 0.3) is 0 Å². The van der Waals surface area contributed by atoms with Crippen LogP contribution in [-0.4, -0.2) is 50.3 Å². The lowest BCUT2D eigenvalue weighted by molar-refractivity contribution is -0.115. The highest BCUT2D eigenvalue weighted by Crippen LogP contribution is 2.27. The second-order valence-corrected chi connectivity index (χ2v) is 5.60. The Labute approximate surface area is 149 Å². The number of rotatable bonds is 6. The van der Waals surface area contributed by atoms with Crippen molar-refractivity contribution in [2.45, 2.75) is 12.8 Å². The van der Waals surface area contributed by atoms with Gasteiger partial charge in [0.05, 0.1) is 25.4 Å². The zero-order valence-electron chi connectivity index (χ0n) is 13.0. The molecule has 2 aliphatic rings. The summed E-state index contributed by atoms with van der Waals surface area (Å²) in [6.45, 7) is 4.31. The molecule has 0 atom stereocenters. The van der Waals surface area contributed by atoms with Crippen molar-refractivity contribution >= 4 is 42.2 Å². The van der Waals surface area contributed by atoms with Crippen molar-refractivity contribution in [1.82, 2.24) is 10.3 Å². The third kappa shape index (κ3) is 6.14. The molecule has 0 radical (unpaired) electrons. The van der Waals surface area contributed by atoms with Crippen molar-refractivity contribution in [3.63, 3.8) is 0 Å². The van der Waals surface area contributed by atoms with Crippen molar-refractivity contribution in [3.05, 3.63) is 18.3 Å². The van der Waals surface area contributed by atoms with Crippen molar-refractivity contribution < 1.29 is 9.53 Å². The summed E-state index contributed by atoms with van der Waals surface area (Å²) in [5.74, 6) is 1.59. The lowest BCUT2D eigenvalue weighted by atomic mass is 10.3. The van der Waals surface area contributed by atoms with Gasteiger partial charge >= 0.3 is 0 Å². The van der Waals surface area contributed by atoms with E-state index in [2.05, 4.69) is 20.5 Å². The van der Waals surface area contributed by atoms with E-state index in [1.165, 1.54) is 12.8 Å². The van der Waals surface area contributed by atoms with Crippen LogP contribution >= 0.6 is 24.8 Å². The maximum absolute atomic E-state index is 12.0. The van der Waals surface area contributed by atoms with E-state index in [0.717, 1.165) is 37.1 Å². The summed E-state index contributed by atoms with van der Waals surface area (Å²) in [6, 6.07) is 3.74. The molecule has 1 aromatic rings. The van der Waals surface area contributed by atoms with Gasteiger partial charge in [-0.05, 0) is 37.4 Å². The van der Waals surface area contributed by atoms with E-state index in [1.807, 2.05) is 12.1 Å². The molecule has 1 aromatic heterocycles. The number of anilines is 2. The molecular formula is C15H24Cl2N4O2. The van der Waals surface area contributed by atoms with Crippen LogP contribution in [0.1, 0.15) is 12.8 Å². The summed E-state index contributed by atoms with van der Waals surface area (Å²) < 4.78 is 5.36. The monoisotopic (exact) mass is 362 g/mol. The SMILES string of the molecule is Cl.Cl.O=C(CNCC1CC1)Nc1cccnc1N1CCOCC1. The summed E-state index contributed by atoms with van der Waals surface area (Å²) in [4.78, 5) is 18.6. The first kappa shape index (κ1) is 20.0. The molecule has 3 rings (SSSR count). The largest absolute Gasteiger partial charge is 0.378 e. The number of hydrogen-bond donors (Lipinski definition) is 2. The highest BCUT2D eigenvalue weighted by atomic mass is 35.5. The number of nitrogens with one attached hydrogen (secondary N) is 2. The van der Waals surface area contributed by atoms with Crippen LogP contribution in [0.15, 0.2) is 18.3 Å². The maximum atomic E-state index is 12.0. The standard InChI is InChI=1S/C15H22N4O2.2ClH/c20-14(11-16-10-12-3-4-12)18-13-2-1-5-17-15(13)19-6-8-21-9-7-19;;/h1-2,5,12,16H,3-4,6-11H2,(H,18,20);2*1H. The summed E-state index contributed by atoms with van der Waals surface area (Å²) in [6.07, 6.45) is 4.34. The van der Waals surface area contributed by atoms with Gasteiger partial charge in [0.25, 0.3) is 0 Å². The van der Waals surface area contributed by atoms with E-state index < -0.39 is 0 Å². The number of pyridine rings is 1. The zero-order valence-corrected chi connectivity index (χ0v) is 14.6. The first-order valence-electron chi connectivity index (χ1n) is 7.61. The molecule has 2 heterocycles. The number of carbonyl (C=O) groups is 1. The summed E-state index contributed by atoms with van der Waals surface area (Å²) in [7, 11) is 0. The second kappa shape index (κ2) is 9.93. The number of ether oxygens (including phenoxy) is 1. The molecule has 0 bridgehead atoms. The predicted octanol–water partition coefficient (Wildman–Crippen LogP) is 1.70. The number of carbonyl (C=O) groups excluding carboxylic acids is 1. The van der Waals surface area contributed by atoms with Gasteiger partial charge in [-0.2, -0.15) is 0 Å². The Balaban J connectivity index is 0.00000132. The highest BCUT2D eigenvalue weighted by molar-refractivity contribution is 5.94. The first-order valence-corrected chi connectivity index (χ1v) is 7.61. The van der Waals surface area contributed by atoms with Crippen LogP contribution in [-0.2, 0) is 9.53 Å².